The van der Waals surface area contributed by atoms with Crippen LogP contribution in [0.25, 0.3) is 0 Å². The van der Waals surface area contributed by atoms with Crippen molar-refractivity contribution >= 4 is 35.0 Å². The van der Waals surface area contributed by atoms with Crippen LogP contribution in [0.5, 0.6) is 0 Å². The van der Waals surface area contributed by atoms with Crippen molar-refractivity contribution < 1.29 is 23.9 Å². The molecule has 3 atom stereocenters. The molecule has 1 aromatic rings. The van der Waals surface area contributed by atoms with Crippen LogP contribution in [0.15, 0.2) is 5.38 Å². The van der Waals surface area contributed by atoms with E-state index in [4.69, 9.17) is 4.74 Å². The summed E-state index contributed by atoms with van der Waals surface area (Å²) in [7, 11) is 1.80. The molecule has 36 heavy (non-hydrogen) atoms. The zero-order valence-electron chi connectivity index (χ0n) is 22.5. The molecule has 0 aromatic carbocycles. The predicted molar refractivity (Wildman–Crippen MR) is 139 cm³/mol. The van der Waals surface area contributed by atoms with Gasteiger partial charge < -0.3 is 19.9 Å². The van der Waals surface area contributed by atoms with Crippen LogP contribution in [-0.4, -0.2) is 71.2 Å². The maximum Gasteiger partial charge on any atom is 0.303 e. The normalized spacial score (nSPS) is 16.1. The standard InChI is InChI=1S/C26H42N4O5S/c1-7-18(4)14-24(33)29(6)21(17(2)3)15-22(35-19(5)31)26-28-20(16-36-26)25(34)27-11-9-13-30-12-8-10-23(30)32/h16-18,21-22H,7-15H2,1-6H3,(H,27,34)/t18-,21+,22+/m0/s1. The van der Waals surface area contributed by atoms with Crippen molar-refractivity contribution in [2.45, 2.75) is 85.3 Å². The Morgan fingerprint density at radius 3 is 2.58 bits per heavy atom. The van der Waals surface area contributed by atoms with Gasteiger partial charge >= 0.3 is 5.97 Å². The van der Waals surface area contributed by atoms with E-state index in [9.17, 15) is 19.2 Å². The van der Waals surface area contributed by atoms with Crippen molar-refractivity contribution in [2.75, 3.05) is 26.7 Å². The SMILES string of the molecule is CC[C@H](C)CC(=O)N(C)[C@H](C[C@@H](OC(C)=O)c1nc(C(=O)NCCCN2CCCC2=O)cs1)C(C)C. The number of rotatable bonds is 14. The van der Waals surface area contributed by atoms with Crippen molar-refractivity contribution in [3.05, 3.63) is 16.1 Å². The number of nitrogens with one attached hydrogen (secondary N) is 1. The molecule has 0 bridgehead atoms. The highest BCUT2D eigenvalue weighted by Crippen LogP contribution is 2.30. The average molecular weight is 523 g/mol. The van der Waals surface area contributed by atoms with Crippen molar-refractivity contribution in [3.8, 4) is 0 Å². The molecule has 2 heterocycles. The third-order valence-corrected chi connectivity index (χ3v) is 7.67. The number of carbonyl (C=O) groups is 4. The molecule has 10 heteroatoms. The van der Waals surface area contributed by atoms with Gasteiger partial charge in [-0.3, -0.25) is 19.2 Å². The topological polar surface area (TPSA) is 109 Å². The van der Waals surface area contributed by atoms with Gasteiger partial charge in [0, 0.05) is 64.3 Å². The highest BCUT2D eigenvalue weighted by molar-refractivity contribution is 7.09. The van der Waals surface area contributed by atoms with E-state index >= 15 is 0 Å². The number of ether oxygens (including phenoxy) is 1. The number of amides is 3. The second-order valence-corrected chi connectivity index (χ2v) is 10.9. The van der Waals surface area contributed by atoms with Crippen molar-refractivity contribution in [1.82, 2.24) is 20.1 Å². The fourth-order valence-corrected chi connectivity index (χ4v) is 5.15. The molecule has 1 aromatic heterocycles. The van der Waals surface area contributed by atoms with Crippen molar-refractivity contribution in [1.29, 1.82) is 0 Å². The van der Waals surface area contributed by atoms with Crippen molar-refractivity contribution in [3.63, 3.8) is 0 Å². The Hall–Kier alpha value is -2.49. The molecule has 0 spiro atoms. The first-order valence-electron chi connectivity index (χ1n) is 13.0. The summed E-state index contributed by atoms with van der Waals surface area (Å²) in [6.07, 6.45) is 3.34. The van der Waals surface area contributed by atoms with Gasteiger partial charge in [-0.2, -0.15) is 0 Å². The second kappa shape index (κ2) is 14.3. The molecule has 0 saturated carbocycles. The summed E-state index contributed by atoms with van der Waals surface area (Å²) >= 11 is 1.27. The predicted octanol–water partition coefficient (Wildman–Crippen LogP) is 3.80. The molecule has 0 aliphatic carbocycles. The lowest BCUT2D eigenvalue weighted by molar-refractivity contribution is -0.148. The molecular formula is C26H42N4O5S. The van der Waals surface area contributed by atoms with Crippen LogP contribution in [-0.2, 0) is 19.1 Å². The van der Waals surface area contributed by atoms with Gasteiger partial charge in [0.05, 0.1) is 0 Å². The molecule has 1 saturated heterocycles. The van der Waals surface area contributed by atoms with E-state index in [1.807, 2.05) is 18.7 Å². The van der Waals surface area contributed by atoms with E-state index < -0.39 is 12.1 Å². The van der Waals surface area contributed by atoms with Crippen LogP contribution in [0, 0.1) is 11.8 Å². The maximum absolute atomic E-state index is 12.8. The molecule has 0 radical (unpaired) electrons. The zero-order valence-corrected chi connectivity index (χ0v) is 23.4. The Morgan fingerprint density at radius 2 is 2.00 bits per heavy atom. The number of likely N-dealkylation sites (tertiary alicyclic amines) is 1. The lowest BCUT2D eigenvalue weighted by Crippen LogP contribution is -2.42. The number of esters is 1. The molecule has 1 fully saturated rings. The molecule has 1 aliphatic rings. The van der Waals surface area contributed by atoms with Crippen molar-refractivity contribution in [2.24, 2.45) is 11.8 Å². The quantitative estimate of drug-likeness (QED) is 0.294. The van der Waals surface area contributed by atoms with E-state index in [1.54, 1.807) is 17.3 Å². The summed E-state index contributed by atoms with van der Waals surface area (Å²) in [5.74, 6) is -0.0535. The Balaban J connectivity index is 2.02. The molecule has 0 unspecified atom stereocenters. The average Bonchev–Trinajstić information content (AvgIpc) is 3.47. The number of thiazole rings is 1. The smallest absolute Gasteiger partial charge is 0.303 e. The van der Waals surface area contributed by atoms with Gasteiger partial charge in [-0.1, -0.05) is 34.1 Å². The number of carbonyl (C=O) groups excluding carboxylic acids is 4. The fraction of sp³-hybridized carbons (Fsp3) is 0.731. The van der Waals surface area contributed by atoms with Crippen LogP contribution in [0.3, 0.4) is 0 Å². The number of hydrogen-bond acceptors (Lipinski definition) is 7. The van der Waals surface area contributed by atoms with Crippen LogP contribution < -0.4 is 5.32 Å². The Bertz CT molecular complexity index is 903. The van der Waals surface area contributed by atoms with E-state index in [0.29, 0.717) is 49.7 Å². The number of aromatic nitrogens is 1. The number of nitrogens with zero attached hydrogens (tertiary/aromatic N) is 3. The summed E-state index contributed by atoms with van der Waals surface area (Å²) in [5.41, 5.74) is 0.270. The third-order valence-electron chi connectivity index (χ3n) is 6.74. The highest BCUT2D eigenvalue weighted by atomic mass is 32.1. The van der Waals surface area contributed by atoms with E-state index in [0.717, 1.165) is 19.4 Å². The minimum atomic E-state index is -0.651. The van der Waals surface area contributed by atoms with E-state index in [-0.39, 0.29) is 35.4 Å². The molecule has 202 valence electrons. The molecule has 2 rings (SSSR count). The second-order valence-electron chi connectivity index (χ2n) is 10.0. The van der Waals surface area contributed by atoms with E-state index in [1.165, 1.54) is 18.3 Å². The first kappa shape index (κ1) is 29.7. The van der Waals surface area contributed by atoms with Gasteiger partial charge in [0.1, 0.15) is 10.7 Å². The molecule has 1 N–H and O–H groups in total. The van der Waals surface area contributed by atoms with Crippen LogP contribution >= 0.6 is 11.3 Å². The first-order valence-corrected chi connectivity index (χ1v) is 13.9. The lowest BCUT2D eigenvalue weighted by atomic mass is 9.95. The maximum atomic E-state index is 12.8. The Morgan fingerprint density at radius 1 is 1.28 bits per heavy atom. The largest absolute Gasteiger partial charge is 0.455 e. The van der Waals surface area contributed by atoms with Gasteiger partial charge in [0.25, 0.3) is 5.91 Å². The monoisotopic (exact) mass is 522 g/mol. The summed E-state index contributed by atoms with van der Waals surface area (Å²) < 4.78 is 5.61. The lowest BCUT2D eigenvalue weighted by Gasteiger charge is -2.34. The summed E-state index contributed by atoms with van der Waals surface area (Å²) in [6, 6.07) is -0.152. The van der Waals surface area contributed by atoms with E-state index in [2.05, 4.69) is 24.1 Å². The molecule has 3 amide bonds. The van der Waals surface area contributed by atoms with Gasteiger partial charge in [-0.15, -0.1) is 11.3 Å². The van der Waals surface area contributed by atoms with Crippen LogP contribution in [0.1, 0.15) is 94.7 Å². The highest BCUT2D eigenvalue weighted by Gasteiger charge is 2.31. The minimum absolute atomic E-state index is 0.0689. The summed E-state index contributed by atoms with van der Waals surface area (Å²) in [6.45, 7) is 11.4. The molecule has 1 aliphatic heterocycles. The minimum Gasteiger partial charge on any atom is -0.455 e. The van der Waals surface area contributed by atoms with Crippen LogP contribution in [0.2, 0.25) is 0 Å². The third kappa shape index (κ3) is 8.87. The van der Waals surface area contributed by atoms with Gasteiger partial charge in [-0.25, -0.2) is 4.98 Å². The summed E-state index contributed by atoms with van der Waals surface area (Å²) in [5, 5.41) is 5.05. The Labute approximate surface area is 219 Å². The molecular weight excluding hydrogens is 480 g/mol. The zero-order chi connectivity index (χ0) is 26.8. The van der Waals surface area contributed by atoms with Gasteiger partial charge in [0.2, 0.25) is 11.8 Å². The summed E-state index contributed by atoms with van der Waals surface area (Å²) in [4.78, 5) is 57.1. The first-order chi connectivity index (χ1) is 17.0. The van der Waals surface area contributed by atoms with Crippen LogP contribution in [0.4, 0.5) is 0 Å². The fourth-order valence-electron chi connectivity index (χ4n) is 4.31. The molecule has 9 nitrogen and oxygen atoms in total. The van der Waals surface area contributed by atoms with Gasteiger partial charge in [-0.05, 0) is 24.7 Å². The number of hydrogen-bond donors (Lipinski definition) is 1. The van der Waals surface area contributed by atoms with Gasteiger partial charge in [0.15, 0.2) is 6.10 Å². The Kier molecular flexibility index (Phi) is 11.8.